The van der Waals surface area contributed by atoms with Gasteiger partial charge in [-0.05, 0) is 35.9 Å². The van der Waals surface area contributed by atoms with Crippen molar-refractivity contribution < 1.29 is 31.1 Å². The molecule has 0 unspecified atom stereocenters. The molecule has 12 heteroatoms. The van der Waals surface area contributed by atoms with Crippen molar-refractivity contribution in [2.24, 2.45) is 0 Å². The first-order chi connectivity index (χ1) is 14.4. The standard InChI is InChI=1S/C19H16F6N4O2/c1-29(9-16-26-17(30)28-27-16)14-3-2-4-15(8-14)31-10-11-5-12(18(20,21)22)7-13(6-11)19(23,24)25/h2-8H,9-10H2,1H3,(H2,26,27,28,30). The fourth-order valence-corrected chi connectivity index (χ4v) is 2.78. The highest BCUT2D eigenvalue weighted by Crippen LogP contribution is 2.36. The number of ether oxygens (including phenoxy) is 1. The van der Waals surface area contributed by atoms with E-state index in [1.165, 1.54) is 6.07 Å². The first-order valence-electron chi connectivity index (χ1n) is 8.78. The van der Waals surface area contributed by atoms with E-state index in [2.05, 4.69) is 15.2 Å². The summed E-state index contributed by atoms with van der Waals surface area (Å²) < 4.78 is 83.3. The highest BCUT2D eigenvalue weighted by Gasteiger charge is 2.36. The number of benzene rings is 2. The summed E-state index contributed by atoms with van der Waals surface area (Å²) >= 11 is 0. The molecule has 0 spiro atoms. The van der Waals surface area contributed by atoms with Crippen LogP contribution < -0.4 is 15.3 Å². The smallest absolute Gasteiger partial charge is 0.416 e. The minimum atomic E-state index is -4.92. The summed E-state index contributed by atoms with van der Waals surface area (Å²) in [7, 11) is 1.70. The van der Waals surface area contributed by atoms with Crippen LogP contribution in [0.2, 0.25) is 0 Å². The molecule has 0 fully saturated rings. The van der Waals surface area contributed by atoms with Crippen molar-refractivity contribution in [1.29, 1.82) is 0 Å². The van der Waals surface area contributed by atoms with Crippen LogP contribution in [0.5, 0.6) is 5.75 Å². The van der Waals surface area contributed by atoms with Gasteiger partial charge in [0.25, 0.3) is 0 Å². The second-order valence-electron chi connectivity index (χ2n) is 6.68. The lowest BCUT2D eigenvalue weighted by atomic mass is 10.1. The average Bonchev–Trinajstić information content (AvgIpc) is 3.09. The molecule has 3 rings (SSSR count). The van der Waals surface area contributed by atoms with E-state index in [0.717, 1.165) is 0 Å². The summed E-state index contributed by atoms with van der Waals surface area (Å²) in [5, 5.41) is 6.02. The molecule has 166 valence electrons. The molecule has 0 saturated heterocycles. The lowest BCUT2D eigenvalue weighted by Crippen LogP contribution is -2.17. The third kappa shape index (κ3) is 5.80. The zero-order valence-corrected chi connectivity index (χ0v) is 15.9. The van der Waals surface area contributed by atoms with E-state index in [4.69, 9.17) is 4.74 Å². The zero-order chi connectivity index (χ0) is 22.8. The van der Waals surface area contributed by atoms with E-state index < -0.39 is 35.8 Å². The Morgan fingerprint density at radius 2 is 1.65 bits per heavy atom. The van der Waals surface area contributed by atoms with Crippen LogP contribution in [0.4, 0.5) is 32.0 Å². The third-order valence-corrected chi connectivity index (χ3v) is 4.25. The number of alkyl halides is 6. The fourth-order valence-electron chi connectivity index (χ4n) is 2.78. The third-order valence-electron chi connectivity index (χ3n) is 4.25. The number of nitrogens with zero attached hydrogens (tertiary/aromatic N) is 2. The first kappa shape index (κ1) is 22.2. The summed E-state index contributed by atoms with van der Waals surface area (Å²) in [6, 6.07) is 7.72. The Hall–Kier alpha value is -3.44. The molecular weight excluding hydrogens is 430 g/mol. The van der Waals surface area contributed by atoms with Crippen LogP contribution in [0.25, 0.3) is 0 Å². The van der Waals surface area contributed by atoms with Gasteiger partial charge in [0.15, 0.2) is 0 Å². The Morgan fingerprint density at radius 3 is 2.19 bits per heavy atom. The SMILES string of the molecule is CN(Cc1n[nH]c(=O)[nH]1)c1cccc(OCc2cc(C(F)(F)F)cc(C(F)(F)F)c2)c1. The van der Waals surface area contributed by atoms with Crippen LogP contribution in [-0.4, -0.2) is 22.2 Å². The molecule has 0 aliphatic carbocycles. The molecule has 0 saturated carbocycles. The second kappa shape index (κ2) is 8.36. The Bertz CT molecular complexity index is 1070. The van der Waals surface area contributed by atoms with E-state index in [1.807, 2.05) is 0 Å². The van der Waals surface area contributed by atoms with Gasteiger partial charge in [-0.3, -0.25) is 4.98 Å². The summed E-state index contributed by atoms with van der Waals surface area (Å²) in [6.45, 7) is -0.252. The monoisotopic (exact) mass is 446 g/mol. The van der Waals surface area contributed by atoms with E-state index in [1.54, 1.807) is 30.1 Å². The molecular formula is C19H16F6N4O2. The number of anilines is 1. The summed E-state index contributed by atoms with van der Waals surface area (Å²) in [5.41, 5.74) is -2.90. The maximum atomic E-state index is 13.0. The van der Waals surface area contributed by atoms with E-state index in [0.29, 0.717) is 23.6 Å². The Morgan fingerprint density at radius 1 is 1.00 bits per heavy atom. The number of aromatic amines is 2. The van der Waals surface area contributed by atoms with Crippen LogP contribution in [-0.2, 0) is 25.5 Å². The van der Waals surface area contributed by atoms with Gasteiger partial charge in [0.05, 0.1) is 17.7 Å². The van der Waals surface area contributed by atoms with Crippen LogP contribution in [0.1, 0.15) is 22.5 Å². The van der Waals surface area contributed by atoms with Gasteiger partial charge in [0.1, 0.15) is 18.2 Å². The molecule has 0 bridgehead atoms. The maximum Gasteiger partial charge on any atom is 0.416 e. The van der Waals surface area contributed by atoms with Crippen molar-refractivity contribution in [3.8, 4) is 5.75 Å². The lowest BCUT2D eigenvalue weighted by Gasteiger charge is -2.19. The molecule has 2 N–H and O–H groups in total. The van der Waals surface area contributed by atoms with E-state index in [9.17, 15) is 31.1 Å². The summed E-state index contributed by atoms with van der Waals surface area (Å²) in [6.07, 6.45) is -9.85. The highest BCUT2D eigenvalue weighted by atomic mass is 19.4. The van der Waals surface area contributed by atoms with Crippen LogP contribution >= 0.6 is 0 Å². The molecule has 0 radical (unpaired) electrons. The number of rotatable bonds is 6. The van der Waals surface area contributed by atoms with Gasteiger partial charge < -0.3 is 9.64 Å². The van der Waals surface area contributed by atoms with Gasteiger partial charge in [-0.15, -0.1) is 0 Å². The van der Waals surface area contributed by atoms with Crippen LogP contribution in [0.3, 0.4) is 0 Å². The normalized spacial score (nSPS) is 12.1. The fraction of sp³-hybridized carbons (Fsp3) is 0.263. The molecule has 0 aliphatic heterocycles. The molecule has 2 aromatic carbocycles. The number of hydrogen-bond acceptors (Lipinski definition) is 4. The molecule has 0 atom stereocenters. The van der Waals surface area contributed by atoms with Crippen molar-refractivity contribution >= 4 is 5.69 Å². The number of H-pyrrole nitrogens is 2. The van der Waals surface area contributed by atoms with Crippen molar-refractivity contribution in [2.45, 2.75) is 25.5 Å². The largest absolute Gasteiger partial charge is 0.489 e. The molecule has 0 amide bonds. The minimum Gasteiger partial charge on any atom is -0.489 e. The van der Waals surface area contributed by atoms with Crippen molar-refractivity contribution in [2.75, 3.05) is 11.9 Å². The van der Waals surface area contributed by atoms with Gasteiger partial charge >= 0.3 is 18.0 Å². The van der Waals surface area contributed by atoms with Crippen molar-refractivity contribution in [1.82, 2.24) is 15.2 Å². The molecule has 1 aromatic heterocycles. The first-order valence-corrected chi connectivity index (χ1v) is 8.78. The molecule has 1 heterocycles. The van der Waals surface area contributed by atoms with Gasteiger partial charge in [0.2, 0.25) is 0 Å². The summed E-state index contributed by atoms with van der Waals surface area (Å²) in [5.74, 6) is 0.619. The molecule has 0 aliphatic rings. The Balaban J connectivity index is 1.76. The molecule has 31 heavy (non-hydrogen) atoms. The number of nitrogens with one attached hydrogen (secondary N) is 2. The predicted octanol–water partition coefficient (Wildman–Crippen LogP) is 4.35. The van der Waals surface area contributed by atoms with Crippen molar-refractivity contribution in [3.63, 3.8) is 0 Å². The average molecular weight is 446 g/mol. The van der Waals surface area contributed by atoms with E-state index in [-0.39, 0.29) is 23.9 Å². The van der Waals surface area contributed by atoms with Crippen LogP contribution in [0, 0.1) is 0 Å². The predicted molar refractivity (Wildman–Crippen MR) is 98.5 cm³/mol. The lowest BCUT2D eigenvalue weighted by molar-refractivity contribution is -0.143. The van der Waals surface area contributed by atoms with Crippen molar-refractivity contribution in [3.05, 3.63) is 75.5 Å². The van der Waals surface area contributed by atoms with Gasteiger partial charge in [-0.25, -0.2) is 9.89 Å². The molecule has 6 nitrogen and oxygen atoms in total. The molecule has 3 aromatic rings. The quantitative estimate of drug-likeness (QED) is 0.553. The number of hydrogen-bond donors (Lipinski definition) is 2. The maximum absolute atomic E-state index is 13.0. The second-order valence-corrected chi connectivity index (χ2v) is 6.68. The zero-order valence-electron chi connectivity index (χ0n) is 15.9. The van der Waals surface area contributed by atoms with Gasteiger partial charge in [-0.2, -0.15) is 31.4 Å². The highest BCUT2D eigenvalue weighted by molar-refractivity contribution is 5.50. The topological polar surface area (TPSA) is 74.0 Å². The summed E-state index contributed by atoms with van der Waals surface area (Å²) in [4.78, 5) is 15.3. The van der Waals surface area contributed by atoms with Gasteiger partial charge in [0, 0.05) is 18.8 Å². The number of halogens is 6. The Labute approximate surface area is 171 Å². The minimum absolute atomic E-state index is 0.0679. The van der Waals surface area contributed by atoms with E-state index >= 15 is 0 Å². The Kier molecular flexibility index (Phi) is 6.00. The number of aromatic nitrogens is 3. The van der Waals surface area contributed by atoms with Gasteiger partial charge in [-0.1, -0.05) is 6.07 Å². The van der Waals surface area contributed by atoms with Crippen LogP contribution in [0.15, 0.2) is 47.3 Å².